The van der Waals surface area contributed by atoms with Crippen LogP contribution in [0.3, 0.4) is 0 Å². The normalized spacial score (nSPS) is 10.8. The number of benzene rings is 2. The Morgan fingerprint density at radius 3 is 2.37 bits per heavy atom. The average molecular weight is 424 g/mol. The first kappa shape index (κ1) is 21.6. The molecule has 0 unspecified atom stereocenters. The zero-order valence-corrected chi connectivity index (χ0v) is 18.3. The molecule has 0 atom stereocenters. The predicted octanol–water partition coefficient (Wildman–Crippen LogP) is 3.39. The maximum atomic E-state index is 12.5. The van der Waals surface area contributed by atoms with Crippen molar-refractivity contribution in [3.63, 3.8) is 0 Å². The second-order valence-corrected chi connectivity index (χ2v) is 8.28. The van der Waals surface area contributed by atoms with Crippen molar-refractivity contribution in [3.8, 4) is 11.4 Å². The number of nitrogens with two attached hydrogens (primary N) is 1. The van der Waals surface area contributed by atoms with E-state index < -0.39 is 5.91 Å². The number of hydrogen-bond acceptors (Lipinski definition) is 5. The van der Waals surface area contributed by atoms with Crippen molar-refractivity contribution in [2.75, 3.05) is 11.1 Å². The molecule has 0 saturated carbocycles. The van der Waals surface area contributed by atoms with Crippen LogP contribution >= 0.6 is 11.8 Å². The molecule has 1 heterocycles. The molecule has 3 rings (SSSR count). The van der Waals surface area contributed by atoms with Gasteiger partial charge in [0.1, 0.15) is 6.54 Å². The third kappa shape index (κ3) is 5.07. The summed E-state index contributed by atoms with van der Waals surface area (Å²) < 4.78 is 1.65. The molecule has 0 spiro atoms. The van der Waals surface area contributed by atoms with Gasteiger partial charge in [0.2, 0.25) is 11.8 Å². The Kier molecular flexibility index (Phi) is 6.56. The van der Waals surface area contributed by atoms with Gasteiger partial charge in [0.15, 0.2) is 11.0 Å². The molecule has 0 aliphatic heterocycles. The summed E-state index contributed by atoms with van der Waals surface area (Å²) in [6.07, 6.45) is 0. The number of nitrogens with zero attached hydrogens (tertiary/aromatic N) is 3. The van der Waals surface area contributed by atoms with E-state index in [4.69, 9.17) is 5.73 Å². The van der Waals surface area contributed by atoms with Gasteiger partial charge in [0.05, 0.1) is 5.75 Å². The quantitative estimate of drug-likeness (QED) is 0.567. The SMILES string of the molecule is Cc1cccc(-c2nnc(SCC(=O)Nc3c(C)cc(C)cc3C)n2CC(N)=O)c1. The predicted molar refractivity (Wildman–Crippen MR) is 119 cm³/mol. The fourth-order valence-electron chi connectivity index (χ4n) is 3.37. The second-order valence-electron chi connectivity index (χ2n) is 7.34. The Bertz CT molecular complexity index is 1080. The number of aryl methyl sites for hydroxylation is 4. The maximum Gasteiger partial charge on any atom is 0.237 e. The Balaban J connectivity index is 1.78. The van der Waals surface area contributed by atoms with E-state index in [1.54, 1.807) is 4.57 Å². The van der Waals surface area contributed by atoms with Crippen LogP contribution in [0.5, 0.6) is 0 Å². The molecule has 0 radical (unpaired) electrons. The first-order valence-corrected chi connectivity index (χ1v) is 10.5. The summed E-state index contributed by atoms with van der Waals surface area (Å²) in [5, 5.41) is 11.9. The Hall–Kier alpha value is -3.13. The fraction of sp³-hybridized carbons (Fsp3) is 0.273. The summed E-state index contributed by atoms with van der Waals surface area (Å²) in [5.74, 6) is 0.0320. The lowest BCUT2D eigenvalue weighted by molar-refractivity contribution is -0.118. The summed E-state index contributed by atoms with van der Waals surface area (Å²) in [5.41, 5.74) is 11.3. The third-order valence-corrected chi connectivity index (χ3v) is 5.55. The number of amides is 2. The van der Waals surface area contributed by atoms with Crippen molar-refractivity contribution in [2.24, 2.45) is 5.73 Å². The highest BCUT2D eigenvalue weighted by Gasteiger charge is 2.18. The van der Waals surface area contributed by atoms with Gasteiger partial charge in [-0.1, -0.05) is 53.2 Å². The van der Waals surface area contributed by atoms with Crippen molar-refractivity contribution in [3.05, 3.63) is 58.7 Å². The monoisotopic (exact) mass is 423 g/mol. The number of carbonyl (C=O) groups excluding carboxylic acids is 2. The number of primary amides is 1. The summed E-state index contributed by atoms with van der Waals surface area (Å²) in [6.45, 7) is 7.89. The van der Waals surface area contributed by atoms with Crippen molar-refractivity contribution >= 4 is 29.3 Å². The minimum atomic E-state index is -0.499. The minimum Gasteiger partial charge on any atom is -0.368 e. The van der Waals surface area contributed by atoms with Gasteiger partial charge in [-0.05, 0) is 44.9 Å². The van der Waals surface area contributed by atoms with Gasteiger partial charge in [0.25, 0.3) is 0 Å². The molecule has 0 aliphatic rings. The number of aromatic nitrogens is 3. The van der Waals surface area contributed by atoms with Crippen molar-refractivity contribution in [1.29, 1.82) is 0 Å². The van der Waals surface area contributed by atoms with Gasteiger partial charge in [-0.3, -0.25) is 14.2 Å². The van der Waals surface area contributed by atoms with E-state index >= 15 is 0 Å². The van der Waals surface area contributed by atoms with E-state index in [0.29, 0.717) is 11.0 Å². The molecule has 156 valence electrons. The van der Waals surface area contributed by atoms with Crippen LogP contribution < -0.4 is 11.1 Å². The Morgan fingerprint density at radius 1 is 1.03 bits per heavy atom. The highest BCUT2D eigenvalue weighted by atomic mass is 32.2. The molecule has 0 saturated heterocycles. The molecule has 0 aliphatic carbocycles. The average Bonchev–Trinajstić information content (AvgIpc) is 3.05. The van der Waals surface area contributed by atoms with Crippen molar-refractivity contribution in [1.82, 2.24) is 14.8 Å². The topological polar surface area (TPSA) is 103 Å². The van der Waals surface area contributed by atoms with E-state index in [1.807, 2.05) is 64.1 Å². The first-order chi connectivity index (χ1) is 14.2. The molecule has 3 aromatic rings. The van der Waals surface area contributed by atoms with Crippen LogP contribution in [0, 0.1) is 27.7 Å². The number of thioether (sulfide) groups is 1. The Labute approximate surface area is 180 Å². The van der Waals surface area contributed by atoms with Gasteiger partial charge in [-0.15, -0.1) is 10.2 Å². The van der Waals surface area contributed by atoms with Gasteiger partial charge >= 0.3 is 0 Å². The number of rotatable bonds is 7. The zero-order chi connectivity index (χ0) is 21.8. The molecule has 0 bridgehead atoms. The largest absolute Gasteiger partial charge is 0.368 e. The number of anilines is 1. The number of hydrogen-bond donors (Lipinski definition) is 2. The molecule has 7 nitrogen and oxygen atoms in total. The van der Waals surface area contributed by atoms with Gasteiger partial charge in [-0.2, -0.15) is 0 Å². The lowest BCUT2D eigenvalue weighted by atomic mass is 10.1. The standard InChI is InChI=1S/C22H25N5O2S/c1-13-6-5-7-17(10-13)21-25-26-22(27(21)11-18(23)28)30-12-19(29)24-20-15(3)8-14(2)9-16(20)4/h5-10H,11-12H2,1-4H3,(H2,23,28)(H,24,29). The van der Waals surface area contributed by atoms with Gasteiger partial charge in [0, 0.05) is 11.3 Å². The molecule has 2 amide bonds. The highest BCUT2D eigenvalue weighted by Crippen LogP contribution is 2.26. The summed E-state index contributed by atoms with van der Waals surface area (Å²) in [4.78, 5) is 24.2. The van der Waals surface area contributed by atoms with E-state index in [1.165, 1.54) is 11.8 Å². The summed E-state index contributed by atoms with van der Waals surface area (Å²) >= 11 is 1.22. The van der Waals surface area contributed by atoms with Gasteiger partial charge < -0.3 is 11.1 Å². The van der Waals surface area contributed by atoms with E-state index in [-0.39, 0.29) is 18.2 Å². The molecule has 30 heavy (non-hydrogen) atoms. The molecule has 3 N–H and O–H groups in total. The zero-order valence-electron chi connectivity index (χ0n) is 17.5. The van der Waals surface area contributed by atoms with Crippen molar-refractivity contribution < 1.29 is 9.59 Å². The fourth-order valence-corrected chi connectivity index (χ4v) is 4.11. The highest BCUT2D eigenvalue weighted by molar-refractivity contribution is 7.99. The van der Waals surface area contributed by atoms with Crippen LogP contribution in [0.2, 0.25) is 0 Å². The summed E-state index contributed by atoms with van der Waals surface area (Å²) in [7, 11) is 0. The van der Waals surface area contributed by atoms with E-state index in [0.717, 1.165) is 33.5 Å². The molecular weight excluding hydrogens is 398 g/mol. The van der Waals surface area contributed by atoms with Crippen LogP contribution in [-0.4, -0.2) is 32.3 Å². The molecule has 8 heteroatoms. The van der Waals surface area contributed by atoms with Crippen LogP contribution in [0.25, 0.3) is 11.4 Å². The lowest BCUT2D eigenvalue weighted by Gasteiger charge is -2.13. The molecule has 1 aromatic heterocycles. The lowest BCUT2D eigenvalue weighted by Crippen LogP contribution is -2.20. The first-order valence-electron chi connectivity index (χ1n) is 9.53. The van der Waals surface area contributed by atoms with Crippen LogP contribution in [-0.2, 0) is 16.1 Å². The summed E-state index contributed by atoms with van der Waals surface area (Å²) in [6, 6.07) is 11.8. The smallest absolute Gasteiger partial charge is 0.237 e. The van der Waals surface area contributed by atoms with E-state index in [2.05, 4.69) is 15.5 Å². The Morgan fingerprint density at radius 2 is 1.73 bits per heavy atom. The van der Waals surface area contributed by atoms with Gasteiger partial charge in [-0.25, -0.2) is 0 Å². The molecule has 2 aromatic carbocycles. The maximum absolute atomic E-state index is 12.5. The molecule has 0 fully saturated rings. The minimum absolute atomic E-state index is 0.0591. The van der Waals surface area contributed by atoms with Crippen LogP contribution in [0.15, 0.2) is 41.6 Å². The third-order valence-electron chi connectivity index (χ3n) is 4.58. The van der Waals surface area contributed by atoms with Crippen molar-refractivity contribution in [2.45, 2.75) is 39.4 Å². The van der Waals surface area contributed by atoms with Crippen LogP contribution in [0.1, 0.15) is 22.3 Å². The van der Waals surface area contributed by atoms with E-state index in [9.17, 15) is 9.59 Å². The second kappa shape index (κ2) is 9.13. The number of carbonyl (C=O) groups is 2. The van der Waals surface area contributed by atoms with Crippen LogP contribution in [0.4, 0.5) is 5.69 Å². The number of nitrogens with one attached hydrogen (secondary N) is 1. The molecular formula is C22H25N5O2S.